The summed E-state index contributed by atoms with van der Waals surface area (Å²) in [5.41, 5.74) is -0.181. The third kappa shape index (κ3) is 3.81. The first-order chi connectivity index (χ1) is 8.56. The lowest BCUT2D eigenvalue weighted by Crippen LogP contribution is -2.27. The third-order valence-corrected chi connectivity index (χ3v) is 2.58. The van der Waals surface area contributed by atoms with Crippen LogP contribution in [-0.2, 0) is 0 Å². The summed E-state index contributed by atoms with van der Waals surface area (Å²) in [6, 6.07) is 5.78. The van der Waals surface area contributed by atoms with Crippen LogP contribution in [0.1, 0.15) is 30.1 Å². The molecule has 0 saturated heterocycles. The van der Waals surface area contributed by atoms with Crippen molar-refractivity contribution in [3.8, 4) is 0 Å². The molecule has 1 amide bonds. The Bertz CT molecular complexity index is 434. The molecule has 0 bridgehead atoms. The largest absolute Gasteiger partial charge is 0.393 e. The minimum absolute atomic E-state index is 0.0356. The summed E-state index contributed by atoms with van der Waals surface area (Å²) in [7, 11) is 0. The molecular formula is C12H16N2O4. The van der Waals surface area contributed by atoms with Crippen LogP contribution in [-0.4, -0.2) is 28.6 Å². The number of amides is 1. The molecule has 2 N–H and O–H groups in total. The van der Waals surface area contributed by atoms with E-state index >= 15 is 0 Å². The Balaban J connectivity index is 2.64. The first-order valence-electron chi connectivity index (χ1n) is 5.76. The molecule has 0 aromatic heterocycles. The number of aliphatic hydroxyl groups is 1. The zero-order chi connectivity index (χ0) is 13.5. The Morgan fingerprint density at radius 2 is 2.17 bits per heavy atom. The normalized spacial score (nSPS) is 11.9. The number of para-hydroxylation sites is 1. The van der Waals surface area contributed by atoms with Crippen molar-refractivity contribution in [2.24, 2.45) is 0 Å². The van der Waals surface area contributed by atoms with Gasteiger partial charge in [-0.1, -0.05) is 19.1 Å². The second kappa shape index (κ2) is 6.70. The van der Waals surface area contributed by atoms with Gasteiger partial charge in [-0.3, -0.25) is 14.9 Å². The van der Waals surface area contributed by atoms with Crippen LogP contribution in [0.2, 0.25) is 0 Å². The fourth-order valence-electron chi connectivity index (χ4n) is 1.48. The fraction of sp³-hybridized carbons (Fsp3) is 0.417. The van der Waals surface area contributed by atoms with Crippen molar-refractivity contribution in [2.75, 3.05) is 6.54 Å². The Morgan fingerprint density at radius 1 is 1.50 bits per heavy atom. The third-order valence-electron chi connectivity index (χ3n) is 2.58. The van der Waals surface area contributed by atoms with Gasteiger partial charge in [-0.2, -0.15) is 0 Å². The van der Waals surface area contributed by atoms with Gasteiger partial charge in [0.25, 0.3) is 11.6 Å². The molecule has 0 saturated carbocycles. The van der Waals surface area contributed by atoms with Gasteiger partial charge in [-0.25, -0.2) is 0 Å². The van der Waals surface area contributed by atoms with Crippen LogP contribution in [0.15, 0.2) is 24.3 Å². The average Bonchev–Trinajstić information content (AvgIpc) is 2.38. The van der Waals surface area contributed by atoms with Gasteiger partial charge in [0.1, 0.15) is 5.56 Å². The monoisotopic (exact) mass is 252 g/mol. The number of benzene rings is 1. The maximum atomic E-state index is 11.7. The minimum atomic E-state index is -0.587. The molecule has 1 atom stereocenters. The predicted molar refractivity (Wildman–Crippen MR) is 66.3 cm³/mol. The summed E-state index contributed by atoms with van der Waals surface area (Å²) in [5.74, 6) is -0.495. The molecule has 6 nitrogen and oxygen atoms in total. The molecule has 1 unspecified atom stereocenters. The zero-order valence-electron chi connectivity index (χ0n) is 10.1. The molecule has 1 rings (SSSR count). The van der Waals surface area contributed by atoms with Crippen molar-refractivity contribution in [1.82, 2.24) is 5.32 Å². The molecular weight excluding hydrogens is 236 g/mol. The predicted octanol–water partition coefficient (Wildman–Crippen LogP) is 1.49. The van der Waals surface area contributed by atoms with Crippen LogP contribution in [0.3, 0.4) is 0 Å². The lowest BCUT2D eigenvalue weighted by atomic mass is 10.1. The number of nitrogens with zero attached hydrogens (tertiary/aromatic N) is 1. The van der Waals surface area contributed by atoms with Crippen molar-refractivity contribution in [1.29, 1.82) is 0 Å². The summed E-state index contributed by atoms with van der Waals surface area (Å²) in [4.78, 5) is 21.9. The standard InChI is InChI=1S/C12H16N2O4/c1-2-9(15)7-8-13-12(16)10-5-3-4-6-11(10)14(17)18/h3-6,9,15H,2,7-8H2,1H3,(H,13,16). The maximum absolute atomic E-state index is 11.7. The van der Waals surface area contributed by atoms with Crippen molar-refractivity contribution in [3.05, 3.63) is 39.9 Å². The summed E-state index contributed by atoms with van der Waals surface area (Å²) in [5, 5.41) is 22.6. The first kappa shape index (κ1) is 14.1. The highest BCUT2D eigenvalue weighted by Gasteiger charge is 2.18. The Morgan fingerprint density at radius 3 is 2.78 bits per heavy atom. The number of nitro groups is 1. The lowest BCUT2D eigenvalue weighted by Gasteiger charge is -2.08. The highest BCUT2D eigenvalue weighted by molar-refractivity contribution is 5.98. The summed E-state index contributed by atoms with van der Waals surface area (Å²) >= 11 is 0. The van der Waals surface area contributed by atoms with E-state index in [1.165, 1.54) is 18.2 Å². The molecule has 0 heterocycles. The summed E-state index contributed by atoms with van der Waals surface area (Å²) in [6.07, 6.45) is 0.584. The highest BCUT2D eigenvalue weighted by atomic mass is 16.6. The molecule has 0 aliphatic carbocycles. The number of carbonyl (C=O) groups is 1. The molecule has 0 fully saturated rings. The summed E-state index contributed by atoms with van der Waals surface area (Å²) in [6.45, 7) is 2.13. The quantitative estimate of drug-likeness (QED) is 0.592. The van der Waals surface area contributed by atoms with Gasteiger partial charge in [0.2, 0.25) is 0 Å². The first-order valence-corrected chi connectivity index (χ1v) is 5.76. The molecule has 0 aliphatic heterocycles. The van der Waals surface area contributed by atoms with Crippen LogP contribution < -0.4 is 5.32 Å². The van der Waals surface area contributed by atoms with Crippen molar-refractivity contribution < 1.29 is 14.8 Å². The number of nitrogens with one attached hydrogen (secondary N) is 1. The second-order valence-corrected chi connectivity index (χ2v) is 3.88. The number of nitro benzene ring substituents is 1. The fourth-order valence-corrected chi connectivity index (χ4v) is 1.48. The van der Waals surface area contributed by atoms with E-state index in [-0.39, 0.29) is 11.3 Å². The van der Waals surface area contributed by atoms with E-state index in [1.54, 1.807) is 6.07 Å². The highest BCUT2D eigenvalue weighted by Crippen LogP contribution is 2.17. The molecule has 0 aliphatic rings. The Labute approximate surface area is 105 Å². The minimum Gasteiger partial charge on any atom is -0.393 e. The van der Waals surface area contributed by atoms with Gasteiger partial charge in [-0.05, 0) is 18.9 Å². The topological polar surface area (TPSA) is 92.5 Å². The van der Waals surface area contributed by atoms with Gasteiger partial charge >= 0.3 is 0 Å². The number of aliphatic hydroxyl groups excluding tert-OH is 1. The molecule has 98 valence electrons. The van der Waals surface area contributed by atoms with Crippen LogP contribution in [0.25, 0.3) is 0 Å². The average molecular weight is 252 g/mol. The lowest BCUT2D eigenvalue weighted by molar-refractivity contribution is -0.385. The molecule has 0 radical (unpaired) electrons. The number of rotatable bonds is 6. The van der Waals surface area contributed by atoms with Crippen LogP contribution in [0, 0.1) is 10.1 Å². The van der Waals surface area contributed by atoms with Gasteiger partial charge in [0.15, 0.2) is 0 Å². The van der Waals surface area contributed by atoms with E-state index in [2.05, 4.69) is 5.32 Å². The molecule has 1 aromatic carbocycles. The molecule has 1 aromatic rings. The second-order valence-electron chi connectivity index (χ2n) is 3.88. The van der Waals surface area contributed by atoms with E-state index < -0.39 is 16.9 Å². The van der Waals surface area contributed by atoms with E-state index in [0.717, 1.165) is 0 Å². The van der Waals surface area contributed by atoms with Crippen molar-refractivity contribution in [3.63, 3.8) is 0 Å². The van der Waals surface area contributed by atoms with Crippen LogP contribution in [0.4, 0.5) is 5.69 Å². The van der Waals surface area contributed by atoms with Gasteiger partial charge in [0.05, 0.1) is 11.0 Å². The zero-order valence-corrected chi connectivity index (χ0v) is 10.1. The summed E-state index contributed by atoms with van der Waals surface area (Å²) < 4.78 is 0. The van der Waals surface area contributed by atoms with E-state index in [1.807, 2.05) is 6.92 Å². The van der Waals surface area contributed by atoms with Gasteiger partial charge < -0.3 is 10.4 Å². The smallest absolute Gasteiger partial charge is 0.282 e. The van der Waals surface area contributed by atoms with Crippen molar-refractivity contribution in [2.45, 2.75) is 25.9 Å². The van der Waals surface area contributed by atoms with E-state index in [0.29, 0.717) is 19.4 Å². The van der Waals surface area contributed by atoms with Crippen LogP contribution >= 0.6 is 0 Å². The van der Waals surface area contributed by atoms with Gasteiger partial charge in [-0.15, -0.1) is 0 Å². The van der Waals surface area contributed by atoms with E-state index in [9.17, 15) is 20.0 Å². The van der Waals surface area contributed by atoms with Gasteiger partial charge in [0, 0.05) is 12.6 Å². The number of hydrogen-bond donors (Lipinski definition) is 2. The molecule has 18 heavy (non-hydrogen) atoms. The number of carbonyl (C=O) groups excluding carboxylic acids is 1. The number of hydrogen-bond acceptors (Lipinski definition) is 4. The molecule has 6 heteroatoms. The Kier molecular flexibility index (Phi) is 5.26. The van der Waals surface area contributed by atoms with Crippen molar-refractivity contribution >= 4 is 11.6 Å². The van der Waals surface area contributed by atoms with E-state index in [4.69, 9.17) is 0 Å². The molecule has 0 spiro atoms. The Hall–Kier alpha value is -1.95. The SMILES string of the molecule is CCC(O)CCNC(=O)c1ccccc1[N+](=O)[O-]. The van der Waals surface area contributed by atoms with Crippen LogP contribution in [0.5, 0.6) is 0 Å². The maximum Gasteiger partial charge on any atom is 0.282 e.